The first kappa shape index (κ1) is 28.4. The molecular formula is C45H29N3O2. The van der Waals surface area contributed by atoms with E-state index in [1.54, 1.807) is 0 Å². The first-order valence-electron chi connectivity index (χ1n) is 16.9. The van der Waals surface area contributed by atoms with Gasteiger partial charge in [-0.15, -0.1) is 0 Å². The maximum atomic E-state index is 6.52. The summed E-state index contributed by atoms with van der Waals surface area (Å²) in [5, 5.41) is 4.15. The summed E-state index contributed by atoms with van der Waals surface area (Å²) in [4.78, 5) is 15.4. The molecule has 5 heteroatoms. The summed E-state index contributed by atoms with van der Waals surface area (Å²) in [6, 6.07) is 45.7. The van der Waals surface area contributed by atoms with E-state index in [4.69, 9.17) is 23.8 Å². The number of nitrogens with zero attached hydrogens (tertiary/aromatic N) is 3. The number of benzene rings is 6. The quantitative estimate of drug-likeness (QED) is 0.187. The molecule has 6 aromatic carbocycles. The van der Waals surface area contributed by atoms with E-state index in [1.807, 2.05) is 72.8 Å². The second-order valence-corrected chi connectivity index (χ2v) is 12.8. The van der Waals surface area contributed by atoms with Crippen molar-refractivity contribution >= 4 is 43.9 Å². The monoisotopic (exact) mass is 643 g/mol. The molecule has 10 rings (SSSR count). The number of fused-ring (bicyclic) bond motifs is 6. The fraction of sp³-hybridized carbons (Fsp3) is 0.0444. The minimum absolute atomic E-state index is 0.368. The lowest BCUT2D eigenvalue weighted by Gasteiger charge is -2.14. The van der Waals surface area contributed by atoms with Crippen LogP contribution in [0.2, 0.25) is 0 Å². The lowest BCUT2D eigenvalue weighted by atomic mass is 9.92. The maximum Gasteiger partial charge on any atom is 0.164 e. The topological polar surface area (TPSA) is 65.0 Å². The summed E-state index contributed by atoms with van der Waals surface area (Å²) in [5.74, 6) is 2.20. The molecule has 1 unspecified atom stereocenters. The van der Waals surface area contributed by atoms with Gasteiger partial charge in [-0.1, -0.05) is 121 Å². The molecule has 236 valence electrons. The molecule has 3 aromatic heterocycles. The van der Waals surface area contributed by atoms with Crippen molar-refractivity contribution in [3.05, 3.63) is 163 Å². The van der Waals surface area contributed by atoms with Crippen molar-refractivity contribution in [3.63, 3.8) is 0 Å². The van der Waals surface area contributed by atoms with Crippen molar-refractivity contribution in [1.29, 1.82) is 0 Å². The molecule has 0 saturated carbocycles. The van der Waals surface area contributed by atoms with Gasteiger partial charge in [0.05, 0.1) is 0 Å². The summed E-state index contributed by atoms with van der Waals surface area (Å²) in [6.45, 7) is 0. The number of rotatable bonds is 5. The highest BCUT2D eigenvalue weighted by Gasteiger charge is 2.20. The van der Waals surface area contributed by atoms with E-state index in [0.717, 1.165) is 78.1 Å². The predicted molar refractivity (Wildman–Crippen MR) is 202 cm³/mol. The zero-order valence-electron chi connectivity index (χ0n) is 27.0. The lowest BCUT2D eigenvalue weighted by Crippen LogP contribution is -2.01. The summed E-state index contributed by atoms with van der Waals surface area (Å²) in [6.07, 6.45) is 9.70. The van der Waals surface area contributed by atoms with E-state index in [9.17, 15) is 0 Å². The molecule has 1 aliphatic carbocycles. The van der Waals surface area contributed by atoms with Crippen molar-refractivity contribution in [3.8, 4) is 45.3 Å². The molecule has 5 nitrogen and oxygen atoms in total. The van der Waals surface area contributed by atoms with E-state index < -0.39 is 0 Å². The summed E-state index contributed by atoms with van der Waals surface area (Å²) >= 11 is 0. The van der Waals surface area contributed by atoms with Crippen LogP contribution in [-0.4, -0.2) is 15.0 Å². The zero-order chi connectivity index (χ0) is 33.0. The van der Waals surface area contributed by atoms with Crippen molar-refractivity contribution < 1.29 is 8.83 Å². The fourth-order valence-electron chi connectivity index (χ4n) is 7.15. The van der Waals surface area contributed by atoms with Crippen molar-refractivity contribution in [1.82, 2.24) is 15.0 Å². The van der Waals surface area contributed by atoms with Gasteiger partial charge in [0.25, 0.3) is 0 Å². The van der Waals surface area contributed by atoms with Crippen LogP contribution >= 0.6 is 0 Å². The Bertz CT molecular complexity index is 2790. The molecule has 9 aromatic rings. The standard InChI is InChI=1S/C45H29N3O2/c1-3-11-28(12-4-1)29-19-21-31(22-20-29)44-46-43(30-13-5-2-6-14-30)47-45(48-44)37-26-33(27-41-42(37)35-16-8-10-18-39(35)50-41)32-23-24-40-36(25-32)34-15-7-9-17-38(34)49-40/h1-11,13-28H,12H2. The van der Waals surface area contributed by atoms with Gasteiger partial charge in [-0.25, -0.2) is 15.0 Å². The van der Waals surface area contributed by atoms with Gasteiger partial charge in [-0.2, -0.15) is 0 Å². The number of furan rings is 2. The Hall–Kier alpha value is -6.59. The van der Waals surface area contributed by atoms with Crippen molar-refractivity contribution in [2.75, 3.05) is 0 Å². The Kier molecular flexibility index (Phi) is 6.56. The first-order chi connectivity index (χ1) is 24.7. The predicted octanol–water partition coefficient (Wildman–Crippen LogP) is 11.9. The molecule has 0 spiro atoms. The molecule has 0 aliphatic heterocycles. The highest BCUT2D eigenvalue weighted by Crippen LogP contribution is 2.41. The van der Waals surface area contributed by atoms with Crippen LogP contribution < -0.4 is 0 Å². The Labute approximate surface area is 287 Å². The Morgan fingerprint density at radius 1 is 0.460 bits per heavy atom. The Balaban J connectivity index is 1.19. The fourth-order valence-corrected chi connectivity index (χ4v) is 7.15. The van der Waals surface area contributed by atoms with E-state index in [-0.39, 0.29) is 0 Å². The normalized spacial score (nSPS) is 14.4. The third-order valence-electron chi connectivity index (χ3n) is 9.67. The van der Waals surface area contributed by atoms with Gasteiger partial charge >= 0.3 is 0 Å². The number of para-hydroxylation sites is 2. The zero-order valence-corrected chi connectivity index (χ0v) is 27.0. The minimum Gasteiger partial charge on any atom is -0.456 e. The summed E-state index contributed by atoms with van der Waals surface area (Å²) in [5.41, 5.74) is 9.39. The average Bonchev–Trinajstić information content (AvgIpc) is 3.76. The van der Waals surface area contributed by atoms with Gasteiger partial charge in [-0.05, 0) is 59.5 Å². The van der Waals surface area contributed by atoms with Gasteiger partial charge in [0, 0.05) is 44.2 Å². The number of aromatic nitrogens is 3. The second kappa shape index (κ2) is 11.5. The highest BCUT2D eigenvalue weighted by molar-refractivity contribution is 6.13. The van der Waals surface area contributed by atoms with E-state index in [1.165, 1.54) is 5.56 Å². The van der Waals surface area contributed by atoms with Crippen LogP contribution in [0.1, 0.15) is 17.9 Å². The summed E-state index contributed by atoms with van der Waals surface area (Å²) < 4.78 is 12.7. The minimum atomic E-state index is 0.368. The number of allylic oxidation sites excluding steroid dienone is 4. The molecule has 0 amide bonds. The average molecular weight is 644 g/mol. The van der Waals surface area contributed by atoms with Gasteiger partial charge in [0.15, 0.2) is 17.5 Å². The van der Waals surface area contributed by atoms with Crippen LogP contribution in [0.5, 0.6) is 0 Å². The van der Waals surface area contributed by atoms with Crippen LogP contribution in [0, 0.1) is 0 Å². The molecule has 50 heavy (non-hydrogen) atoms. The Morgan fingerprint density at radius 2 is 1.10 bits per heavy atom. The van der Waals surface area contributed by atoms with Crippen molar-refractivity contribution in [2.24, 2.45) is 0 Å². The maximum absolute atomic E-state index is 6.52. The largest absolute Gasteiger partial charge is 0.456 e. The molecule has 0 bridgehead atoms. The molecule has 1 atom stereocenters. The third kappa shape index (κ3) is 4.82. The molecule has 1 aliphatic rings. The molecule has 0 N–H and O–H groups in total. The van der Waals surface area contributed by atoms with Gasteiger partial charge in [0.1, 0.15) is 22.3 Å². The first-order valence-corrected chi connectivity index (χ1v) is 16.9. The smallest absolute Gasteiger partial charge is 0.164 e. The van der Waals surface area contributed by atoms with Gasteiger partial charge in [0.2, 0.25) is 0 Å². The Morgan fingerprint density at radius 3 is 1.88 bits per heavy atom. The van der Waals surface area contributed by atoms with E-state index in [0.29, 0.717) is 23.4 Å². The van der Waals surface area contributed by atoms with Gasteiger partial charge in [-0.3, -0.25) is 0 Å². The number of hydrogen-bond acceptors (Lipinski definition) is 5. The van der Waals surface area contributed by atoms with Crippen LogP contribution in [0.25, 0.3) is 89.2 Å². The second-order valence-electron chi connectivity index (χ2n) is 12.8. The molecular weight excluding hydrogens is 615 g/mol. The van der Waals surface area contributed by atoms with Crippen LogP contribution in [0.15, 0.2) is 167 Å². The van der Waals surface area contributed by atoms with E-state index >= 15 is 0 Å². The van der Waals surface area contributed by atoms with Gasteiger partial charge < -0.3 is 8.83 Å². The van der Waals surface area contributed by atoms with Crippen molar-refractivity contribution in [2.45, 2.75) is 12.3 Å². The molecule has 0 fully saturated rings. The SMILES string of the molecule is C1=CCC(c2ccc(-c3nc(-c4ccccc4)nc(-c4cc(-c5ccc6oc7ccccc7c6c5)cc5oc6ccccc6c45)n3)cc2)C=C1. The molecule has 0 radical (unpaired) electrons. The molecule has 3 heterocycles. The lowest BCUT2D eigenvalue weighted by molar-refractivity contribution is 0.669. The highest BCUT2D eigenvalue weighted by atomic mass is 16.3. The van der Waals surface area contributed by atoms with Crippen LogP contribution in [0.3, 0.4) is 0 Å². The van der Waals surface area contributed by atoms with Crippen LogP contribution in [0.4, 0.5) is 0 Å². The molecule has 0 saturated heterocycles. The number of hydrogen-bond donors (Lipinski definition) is 0. The van der Waals surface area contributed by atoms with E-state index in [2.05, 4.69) is 85.0 Å². The summed E-state index contributed by atoms with van der Waals surface area (Å²) in [7, 11) is 0. The van der Waals surface area contributed by atoms with Crippen LogP contribution in [-0.2, 0) is 0 Å². The third-order valence-corrected chi connectivity index (χ3v) is 9.67.